The van der Waals surface area contributed by atoms with E-state index in [1.165, 1.54) is 0 Å². The molecule has 8 nitrogen and oxygen atoms in total. The maximum atomic E-state index is 12.8. The predicted octanol–water partition coefficient (Wildman–Crippen LogP) is 1.75. The number of amides is 1. The first-order valence-corrected chi connectivity index (χ1v) is 8.73. The van der Waals surface area contributed by atoms with E-state index in [9.17, 15) is 4.79 Å². The van der Waals surface area contributed by atoms with Crippen LogP contribution in [0, 0.1) is 0 Å². The maximum absolute atomic E-state index is 12.8. The summed E-state index contributed by atoms with van der Waals surface area (Å²) in [7, 11) is 1.78. The summed E-state index contributed by atoms with van der Waals surface area (Å²) < 4.78 is 7.76. The van der Waals surface area contributed by atoms with Crippen molar-refractivity contribution >= 4 is 17.4 Å². The monoisotopic (exact) mass is 342 g/mol. The normalized spacial score (nSPS) is 23.7. The summed E-state index contributed by atoms with van der Waals surface area (Å²) in [6.45, 7) is 2.74. The Morgan fingerprint density at radius 2 is 2.24 bits per heavy atom. The highest BCUT2D eigenvalue weighted by atomic mass is 16.5. The molecule has 2 aromatic heterocycles. The minimum atomic E-state index is -0.272. The summed E-state index contributed by atoms with van der Waals surface area (Å²) in [5, 5.41) is 0. The molecule has 1 unspecified atom stereocenters. The van der Waals surface area contributed by atoms with Crippen LogP contribution in [0.25, 0.3) is 5.95 Å². The van der Waals surface area contributed by atoms with Gasteiger partial charge in [-0.25, -0.2) is 9.97 Å². The number of hydrogen-bond donors (Lipinski definition) is 0. The van der Waals surface area contributed by atoms with Gasteiger partial charge in [0.15, 0.2) is 5.82 Å². The fourth-order valence-corrected chi connectivity index (χ4v) is 3.55. The van der Waals surface area contributed by atoms with Crippen molar-refractivity contribution in [3.63, 3.8) is 0 Å². The van der Waals surface area contributed by atoms with Crippen molar-refractivity contribution in [2.75, 3.05) is 23.5 Å². The van der Waals surface area contributed by atoms with E-state index in [2.05, 4.69) is 14.9 Å². The fourth-order valence-electron chi connectivity index (χ4n) is 3.55. The highest BCUT2D eigenvalue weighted by Gasteiger charge is 2.41. The molecule has 2 aliphatic rings. The number of carbonyl (C=O) groups is 1. The van der Waals surface area contributed by atoms with Crippen LogP contribution < -0.4 is 9.80 Å². The number of nitrogens with zero attached hydrogens (tertiary/aromatic N) is 6. The number of fused-ring (bicyclic) bond motifs is 1. The average molecular weight is 342 g/mol. The molecule has 25 heavy (non-hydrogen) atoms. The molecule has 0 bridgehead atoms. The molecule has 2 aromatic rings. The Balaban J connectivity index is 1.82. The number of likely N-dealkylation sites (N-methyl/N-ethyl adjacent to an activating group) is 1. The van der Waals surface area contributed by atoms with Crippen molar-refractivity contribution in [1.29, 1.82) is 0 Å². The highest BCUT2D eigenvalue weighted by molar-refractivity contribution is 6.04. The number of rotatable bonds is 3. The first-order valence-electron chi connectivity index (χ1n) is 8.73. The van der Waals surface area contributed by atoms with Gasteiger partial charge in [0.1, 0.15) is 24.3 Å². The zero-order chi connectivity index (χ0) is 17.4. The van der Waals surface area contributed by atoms with Gasteiger partial charge < -0.3 is 14.5 Å². The quantitative estimate of drug-likeness (QED) is 0.846. The van der Waals surface area contributed by atoms with Gasteiger partial charge in [0.2, 0.25) is 11.9 Å². The van der Waals surface area contributed by atoms with E-state index < -0.39 is 0 Å². The summed E-state index contributed by atoms with van der Waals surface area (Å²) >= 11 is 0. The predicted molar refractivity (Wildman–Crippen MR) is 92.7 cm³/mol. The summed E-state index contributed by atoms with van der Waals surface area (Å²) in [4.78, 5) is 29.8. The van der Waals surface area contributed by atoms with E-state index >= 15 is 0 Å². The van der Waals surface area contributed by atoms with Crippen LogP contribution in [0.3, 0.4) is 0 Å². The Morgan fingerprint density at radius 1 is 1.36 bits per heavy atom. The molecule has 8 heteroatoms. The van der Waals surface area contributed by atoms with Crippen molar-refractivity contribution < 1.29 is 9.53 Å². The lowest BCUT2D eigenvalue weighted by Crippen LogP contribution is -2.57. The van der Waals surface area contributed by atoms with Crippen LogP contribution >= 0.6 is 0 Å². The molecule has 1 fully saturated rings. The molecule has 2 atom stereocenters. The molecule has 0 aromatic carbocycles. The molecule has 0 N–H and O–H groups in total. The molecule has 132 valence electrons. The number of anilines is 2. The molecule has 2 aliphatic heterocycles. The Kier molecular flexibility index (Phi) is 4.12. The van der Waals surface area contributed by atoms with Gasteiger partial charge in [0.25, 0.3) is 0 Å². The van der Waals surface area contributed by atoms with Gasteiger partial charge in [-0.05, 0) is 25.7 Å². The third-order valence-corrected chi connectivity index (χ3v) is 4.88. The summed E-state index contributed by atoms with van der Waals surface area (Å²) in [6, 6.07) is -0.272. The summed E-state index contributed by atoms with van der Waals surface area (Å²) in [6.07, 6.45) is 10.5. The third-order valence-electron chi connectivity index (χ3n) is 4.88. The molecular weight excluding hydrogens is 320 g/mol. The maximum Gasteiger partial charge on any atom is 0.249 e. The number of carbonyl (C=O) groups excluding carboxylic acids is 1. The van der Waals surface area contributed by atoms with Crippen molar-refractivity contribution in [3.8, 4) is 5.95 Å². The fraction of sp³-hybridized carbons (Fsp3) is 0.529. The van der Waals surface area contributed by atoms with Gasteiger partial charge in [-0.2, -0.15) is 4.98 Å². The van der Waals surface area contributed by atoms with E-state index in [1.807, 2.05) is 6.92 Å². The second-order valence-electron chi connectivity index (χ2n) is 6.40. The zero-order valence-electron chi connectivity index (χ0n) is 14.5. The van der Waals surface area contributed by atoms with Crippen LogP contribution in [0.15, 0.2) is 24.9 Å². The second-order valence-corrected chi connectivity index (χ2v) is 6.40. The molecule has 4 heterocycles. The Labute approximate surface area is 146 Å². The molecule has 4 rings (SSSR count). The van der Waals surface area contributed by atoms with E-state index in [4.69, 9.17) is 9.72 Å². The minimum Gasteiger partial charge on any atom is -0.358 e. The van der Waals surface area contributed by atoms with Gasteiger partial charge in [0, 0.05) is 26.0 Å². The topological polar surface area (TPSA) is 76.4 Å². The number of aromatic nitrogens is 4. The van der Waals surface area contributed by atoms with Crippen LogP contribution in [-0.4, -0.2) is 51.4 Å². The van der Waals surface area contributed by atoms with Crippen LogP contribution in [-0.2, 0) is 9.53 Å². The second kappa shape index (κ2) is 6.44. The average Bonchev–Trinajstić information content (AvgIpc) is 3.19. The van der Waals surface area contributed by atoms with Crippen molar-refractivity contribution in [3.05, 3.63) is 24.9 Å². The lowest BCUT2D eigenvalue weighted by atomic mass is 10.0. The van der Waals surface area contributed by atoms with Gasteiger partial charge in [-0.15, -0.1) is 0 Å². The molecule has 0 radical (unpaired) electrons. The van der Waals surface area contributed by atoms with Gasteiger partial charge in [-0.1, -0.05) is 6.92 Å². The minimum absolute atomic E-state index is 0.0585. The van der Waals surface area contributed by atoms with Gasteiger partial charge in [0.05, 0.1) is 6.20 Å². The molecule has 1 saturated heterocycles. The Morgan fingerprint density at radius 3 is 2.92 bits per heavy atom. The first kappa shape index (κ1) is 16.0. The Bertz CT molecular complexity index is 757. The zero-order valence-corrected chi connectivity index (χ0v) is 14.5. The lowest BCUT2D eigenvalue weighted by molar-refractivity contribution is -0.121. The summed E-state index contributed by atoms with van der Waals surface area (Å²) in [5.74, 6) is 1.34. The van der Waals surface area contributed by atoms with Crippen LogP contribution in [0.4, 0.5) is 11.5 Å². The van der Waals surface area contributed by atoms with Crippen LogP contribution in [0.5, 0.6) is 0 Å². The third kappa shape index (κ3) is 2.66. The first-order chi connectivity index (χ1) is 12.2. The Hall–Kier alpha value is -2.48. The van der Waals surface area contributed by atoms with Crippen molar-refractivity contribution in [2.45, 2.75) is 44.9 Å². The van der Waals surface area contributed by atoms with Crippen LogP contribution in [0.2, 0.25) is 0 Å². The SMILES string of the molecule is CC[C@@H]1C(=O)N(C)c2cnc(-n3ccnc3)nc2N1C1CCCCO1. The largest absolute Gasteiger partial charge is 0.358 e. The van der Waals surface area contributed by atoms with E-state index in [-0.39, 0.29) is 18.2 Å². The number of ether oxygens (including phenoxy) is 1. The lowest BCUT2D eigenvalue weighted by Gasteiger charge is -2.45. The molecule has 0 aliphatic carbocycles. The molecule has 0 saturated carbocycles. The van der Waals surface area contributed by atoms with E-state index in [1.54, 1.807) is 41.4 Å². The van der Waals surface area contributed by atoms with Crippen LogP contribution in [0.1, 0.15) is 32.6 Å². The van der Waals surface area contributed by atoms with Crippen molar-refractivity contribution in [2.24, 2.45) is 0 Å². The highest BCUT2D eigenvalue weighted by Crippen LogP contribution is 2.37. The van der Waals surface area contributed by atoms with Crippen molar-refractivity contribution in [1.82, 2.24) is 19.5 Å². The number of hydrogen-bond acceptors (Lipinski definition) is 6. The molecule has 1 amide bonds. The molecule has 0 spiro atoms. The smallest absolute Gasteiger partial charge is 0.249 e. The van der Waals surface area contributed by atoms with E-state index in [0.717, 1.165) is 31.7 Å². The van der Waals surface area contributed by atoms with E-state index in [0.29, 0.717) is 18.1 Å². The number of imidazole rings is 1. The van der Waals surface area contributed by atoms with Gasteiger partial charge >= 0.3 is 0 Å². The molecular formula is C17H22N6O2. The van der Waals surface area contributed by atoms with Gasteiger partial charge in [-0.3, -0.25) is 9.36 Å². The summed E-state index contributed by atoms with van der Waals surface area (Å²) in [5.41, 5.74) is 0.715. The standard InChI is InChI=1S/C17H22N6O2/c1-3-12-16(24)21(2)13-10-19-17(22-8-7-18-11-22)20-15(13)23(12)14-6-4-5-9-25-14/h7-8,10-12,14H,3-6,9H2,1-2H3/t12-,14?/m1/s1.